The van der Waals surface area contributed by atoms with Crippen LogP contribution in [0.1, 0.15) is 23.5 Å². The number of fused-ring (bicyclic) bond motifs is 3. The first-order chi connectivity index (χ1) is 10.2. The van der Waals surface area contributed by atoms with Gasteiger partial charge in [0.1, 0.15) is 12.0 Å². The van der Waals surface area contributed by atoms with E-state index in [0.29, 0.717) is 17.9 Å². The molecule has 0 bridgehead atoms. The largest absolute Gasteiger partial charge is 0.366 e. The second-order valence-electron chi connectivity index (χ2n) is 5.76. The molecule has 1 saturated carbocycles. The SMILES string of the molecule is O=[N+]([O-])c1ccc(NC2C3CCc4ccccc4C32)nc1. The number of benzene rings is 1. The van der Waals surface area contributed by atoms with E-state index in [-0.39, 0.29) is 5.69 Å². The molecule has 0 aliphatic heterocycles. The highest BCUT2D eigenvalue weighted by Crippen LogP contribution is 2.55. The lowest BCUT2D eigenvalue weighted by atomic mass is 9.92. The van der Waals surface area contributed by atoms with Crippen molar-refractivity contribution in [2.24, 2.45) is 5.92 Å². The van der Waals surface area contributed by atoms with E-state index in [2.05, 4.69) is 34.6 Å². The van der Waals surface area contributed by atoms with Crippen LogP contribution in [0.2, 0.25) is 0 Å². The number of nitro groups is 1. The van der Waals surface area contributed by atoms with Gasteiger partial charge >= 0.3 is 0 Å². The predicted molar refractivity (Wildman–Crippen MR) is 79.3 cm³/mol. The summed E-state index contributed by atoms with van der Waals surface area (Å²) >= 11 is 0. The summed E-state index contributed by atoms with van der Waals surface area (Å²) in [5.74, 6) is 1.95. The number of aryl methyl sites for hydroxylation is 1. The van der Waals surface area contributed by atoms with E-state index in [4.69, 9.17) is 0 Å². The number of hydrogen-bond donors (Lipinski definition) is 1. The van der Waals surface area contributed by atoms with Crippen molar-refractivity contribution in [3.05, 3.63) is 63.8 Å². The highest BCUT2D eigenvalue weighted by molar-refractivity contribution is 5.48. The van der Waals surface area contributed by atoms with E-state index < -0.39 is 4.92 Å². The molecule has 0 amide bonds. The van der Waals surface area contributed by atoms with E-state index in [1.165, 1.54) is 29.8 Å². The first-order valence-electron chi connectivity index (χ1n) is 7.19. The summed E-state index contributed by atoms with van der Waals surface area (Å²) in [5, 5.41) is 14.1. The third kappa shape index (κ3) is 2.05. The molecule has 0 saturated heterocycles. The lowest BCUT2D eigenvalue weighted by Gasteiger charge is -2.13. The van der Waals surface area contributed by atoms with E-state index in [1.54, 1.807) is 6.07 Å². The third-order valence-electron chi connectivity index (χ3n) is 4.60. The van der Waals surface area contributed by atoms with Gasteiger partial charge in [0.25, 0.3) is 5.69 Å². The van der Waals surface area contributed by atoms with Crippen molar-refractivity contribution in [2.45, 2.75) is 24.8 Å². The molecular formula is C16H15N3O2. The molecule has 0 radical (unpaired) electrons. The Balaban J connectivity index is 1.52. The van der Waals surface area contributed by atoms with Crippen molar-refractivity contribution < 1.29 is 4.92 Å². The molecule has 2 aliphatic carbocycles. The van der Waals surface area contributed by atoms with Crippen LogP contribution in [0.3, 0.4) is 0 Å². The fraction of sp³-hybridized carbons (Fsp3) is 0.312. The molecule has 21 heavy (non-hydrogen) atoms. The van der Waals surface area contributed by atoms with Crippen LogP contribution in [0, 0.1) is 16.0 Å². The number of nitrogens with zero attached hydrogens (tertiary/aromatic N) is 2. The minimum atomic E-state index is -0.427. The van der Waals surface area contributed by atoms with Crippen molar-refractivity contribution in [2.75, 3.05) is 5.32 Å². The average molecular weight is 281 g/mol. The van der Waals surface area contributed by atoms with Gasteiger partial charge in [-0.25, -0.2) is 4.98 Å². The fourth-order valence-electron chi connectivity index (χ4n) is 3.51. The van der Waals surface area contributed by atoms with Gasteiger partial charge in [-0.1, -0.05) is 24.3 Å². The van der Waals surface area contributed by atoms with Gasteiger partial charge in [-0.2, -0.15) is 0 Å². The van der Waals surface area contributed by atoms with Crippen LogP contribution in [0.5, 0.6) is 0 Å². The van der Waals surface area contributed by atoms with Crippen LogP contribution in [-0.4, -0.2) is 15.9 Å². The maximum atomic E-state index is 10.6. The van der Waals surface area contributed by atoms with Crippen molar-refractivity contribution >= 4 is 11.5 Å². The zero-order valence-corrected chi connectivity index (χ0v) is 11.4. The first kappa shape index (κ1) is 12.3. The molecule has 2 aliphatic rings. The van der Waals surface area contributed by atoms with Gasteiger partial charge in [0.15, 0.2) is 0 Å². The van der Waals surface area contributed by atoms with Crippen LogP contribution in [-0.2, 0) is 6.42 Å². The first-order valence-corrected chi connectivity index (χ1v) is 7.19. The van der Waals surface area contributed by atoms with Gasteiger partial charge in [0.05, 0.1) is 4.92 Å². The van der Waals surface area contributed by atoms with Gasteiger partial charge in [-0.3, -0.25) is 10.1 Å². The Kier molecular flexibility index (Phi) is 2.67. The smallest absolute Gasteiger partial charge is 0.287 e. The average Bonchev–Trinajstić information content (AvgIpc) is 3.21. The molecule has 3 unspecified atom stereocenters. The van der Waals surface area contributed by atoms with E-state index in [0.717, 1.165) is 12.2 Å². The predicted octanol–water partition coefficient (Wildman–Crippen LogP) is 3.13. The molecular weight excluding hydrogens is 266 g/mol. The summed E-state index contributed by atoms with van der Waals surface area (Å²) in [6.07, 6.45) is 3.65. The molecule has 5 heteroatoms. The summed E-state index contributed by atoms with van der Waals surface area (Å²) in [7, 11) is 0. The summed E-state index contributed by atoms with van der Waals surface area (Å²) in [6, 6.07) is 12.2. The Hall–Kier alpha value is -2.43. The maximum Gasteiger partial charge on any atom is 0.287 e. The van der Waals surface area contributed by atoms with Crippen molar-refractivity contribution in [1.29, 1.82) is 0 Å². The summed E-state index contributed by atoms with van der Waals surface area (Å²) in [4.78, 5) is 14.3. The van der Waals surface area contributed by atoms with Gasteiger partial charge in [-0.05, 0) is 36.0 Å². The standard InChI is InChI=1S/C16H15N3O2/c20-19(21)11-6-8-14(17-9-11)18-16-13-7-5-10-3-1-2-4-12(10)15(13)16/h1-4,6,8-9,13,15-16H,5,7H2,(H,17,18). The minimum Gasteiger partial charge on any atom is -0.366 e. The number of pyridine rings is 1. The normalized spacial score (nSPS) is 25.6. The number of anilines is 1. The summed E-state index contributed by atoms with van der Waals surface area (Å²) in [6.45, 7) is 0. The molecule has 3 atom stereocenters. The second kappa shape index (κ2) is 4.55. The van der Waals surface area contributed by atoms with Crippen molar-refractivity contribution in [1.82, 2.24) is 4.98 Å². The van der Waals surface area contributed by atoms with E-state index in [1.807, 2.05) is 0 Å². The Bertz CT molecular complexity index is 699. The van der Waals surface area contributed by atoms with E-state index in [9.17, 15) is 10.1 Å². The zero-order valence-electron chi connectivity index (χ0n) is 11.4. The summed E-state index contributed by atoms with van der Waals surface area (Å²) in [5.41, 5.74) is 2.94. The minimum absolute atomic E-state index is 0.0270. The Morgan fingerprint density at radius 2 is 2.10 bits per heavy atom. The lowest BCUT2D eigenvalue weighted by molar-refractivity contribution is -0.385. The number of hydrogen-bond acceptors (Lipinski definition) is 4. The van der Waals surface area contributed by atoms with Gasteiger partial charge in [0.2, 0.25) is 0 Å². The van der Waals surface area contributed by atoms with Crippen LogP contribution in [0.25, 0.3) is 0 Å². The second-order valence-corrected chi connectivity index (χ2v) is 5.76. The number of aromatic nitrogens is 1. The molecule has 4 rings (SSSR count). The van der Waals surface area contributed by atoms with Crippen molar-refractivity contribution in [3.8, 4) is 0 Å². The Labute approximate surface area is 122 Å². The fourth-order valence-corrected chi connectivity index (χ4v) is 3.51. The zero-order chi connectivity index (χ0) is 14.4. The molecule has 5 nitrogen and oxygen atoms in total. The highest BCUT2D eigenvalue weighted by Gasteiger charge is 2.53. The molecule has 2 aromatic rings. The quantitative estimate of drug-likeness (QED) is 0.693. The van der Waals surface area contributed by atoms with Gasteiger partial charge in [-0.15, -0.1) is 0 Å². The molecule has 106 valence electrons. The molecule has 1 aromatic heterocycles. The third-order valence-corrected chi connectivity index (χ3v) is 4.60. The van der Waals surface area contributed by atoms with Crippen LogP contribution < -0.4 is 5.32 Å². The van der Waals surface area contributed by atoms with Crippen LogP contribution in [0.15, 0.2) is 42.6 Å². The molecule has 1 heterocycles. The molecule has 1 fully saturated rings. The highest BCUT2D eigenvalue weighted by atomic mass is 16.6. The summed E-state index contributed by atoms with van der Waals surface area (Å²) < 4.78 is 0. The monoisotopic (exact) mass is 281 g/mol. The van der Waals surface area contributed by atoms with E-state index >= 15 is 0 Å². The Morgan fingerprint density at radius 1 is 1.24 bits per heavy atom. The topological polar surface area (TPSA) is 68.1 Å². The molecule has 0 spiro atoms. The maximum absolute atomic E-state index is 10.6. The molecule has 1 N–H and O–H groups in total. The van der Waals surface area contributed by atoms with Crippen molar-refractivity contribution in [3.63, 3.8) is 0 Å². The number of rotatable bonds is 3. The van der Waals surface area contributed by atoms with Gasteiger partial charge in [0, 0.05) is 18.0 Å². The Morgan fingerprint density at radius 3 is 2.86 bits per heavy atom. The van der Waals surface area contributed by atoms with Gasteiger partial charge < -0.3 is 5.32 Å². The number of nitrogens with one attached hydrogen (secondary N) is 1. The van der Waals surface area contributed by atoms with Crippen LogP contribution in [0.4, 0.5) is 11.5 Å². The van der Waals surface area contributed by atoms with Crippen LogP contribution >= 0.6 is 0 Å². The lowest BCUT2D eigenvalue weighted by Crippen LogP contribution is -2.07. The molecule has 1 aromatic carbocycles.